The fraction of sp³-hybridized carbons (Fsp3) is 0.435. The van der Waals surface area contributed by atoms with Crippen molar-refractivity contribution < 1.29 is 14.4 Å². The molecule has 0 saturated heterocycles. The van der Waals surface area contributed by atoms with Gasteiger partial charge in [0.25, 0.3) is 11.6 Å². The molecule has 2 N–H and O–H groups in total. The Balaban J connectivity index is 1.59. The third-order valence-electron chi connectivity index (χ3n) is 5.08. The lowest BCUT2D eigenvalue weighted by Gasteiger charge is -2.16. The fourth-order valence-corrected chi connectivity index (χ4v) is 3.55. The zero-order chi connectivity index (χ0) is 20.6. The molecule has 29 heavy (non-hydrogen) atoms. The summed E-state index contributed by atoms with van der Waals surface area (Å²) in [5, 5.41) is 17.6. The monoisotopic (exact) mass is 393 g/mol. The minimum Gasteiger partial charge on any atom is -0.508 e. The summed E-state index contributed by atoms with van der Waals surface area (Å²) in [5.41, 5.74) is 3.72. The van der Waals surface area contributed by atoms with Crippen LogP contribution in [0.2, 0.25) is 0 Å². The molecule has 2 aromatic heterocycles. The van der Waals surface area contributed by atoms with Crippen LogP contribution in [0.25, 0.3) is 11.1 Å². The number of phenolic OH excluding ortho intramolecular Hbond substituents is 1. The number of carbonyl (C=O) groups is 1. The molecule has 0 bridgehead atoms. The molecule has 6 nitrogen and oxygen atoms in total. The smallest absolute Gasteiger partial charge is 0.259 e. The maximum atomic E-state index is 13.1. The van der Waals surface area contributed by atoms with Gasteiger partial charge < -0.3 is 14.9 Å². The Bertz CT molecular complexity index is 1050. The van der Waals surface area contributed by atoms with Gasteiger partial charge in [-0.15, -0.1) is 0 Å². The summed E-state index contributed by atoms with van der Waals surface area (Å²) in [4.78, 5) is 17.7. The van der Waals surface area contributed by atoms with Crippen LogP contribution in [-0.2, 0) is 12.8 Å². The molecule has 0 aliphatic heterocycles. The van der Waals surface area contributed by atoms with Crippen molar-refractivity contribution in [3.05, 3.63) is 52.8 Å². The SMILES string of the molecule is CC(C)(C)Cc1noc2nc(C3CC3)cc(C(=O)NCCc3cccc(O)c3)c12. The second-order valence-electron chi connectivity index (χ2n) is 9.09. The molecular formula is C23H27N3O3. The van der Waals surface area contributed by atoms with E-state index in [2.05, 4.69) is 36.2 Å². The summed E-state index contributed by atoms with van der Waals surface area (Å²) in [5.74, 6) is 0.502. The van der Waals surface area contributed by atoms with Crippen LogP contribution in [0.1, 0.15) is 66.8 Å². The van der Waals surface area contributed by atoms with Crippen molar-refractivity contribution in [1.82, 2.24) is 15.5 Å². The third-order valence-corrected chi connectivity index (χ3v) is 5.08. The highest BCUT2D eigenvalue weighted by atomic mass is 16.5. The first-order chi connectivity index (χ1) is 13.8. The van der Waals surface area contributed by atoms with Gasteiger partial charge in [0, 0.05) is 18.2 Å². The van der Waals surface area contributed by atoms with E-state index in [1.807, 2.05) is 12.1 Å². The van der Waals surface area contributed by atoms with E-state index in [0.717, 1.165) is 35.2 Å². The number of fused-ring (bicyclic) bond motifs is 1. The maximum absolute atomic E-state index is 13.1. The first-order valence-corrected chi connectivity index (χ1v) is 10.2. The number of nitrogens with zero attached hydrogens (tertiary/aromatic N) is 2. The van der Waals surface area contributed by atoms with E-state index in [0.29, 0.717) is 36.6 Å². The summed E-state index contributed by atoms with van der Waals surface area (Å²) < 4.78 is 5.52. The number of amides is 1. The van der Waals surface area contributed by atoms with Gasteiger partial charge in [-0.1, -0.05) is 38.1 Å². The summed E-state index contributed by atoms with van der Waals surface area (Å²) in [6.45, 7) is 6.88. The lowest BCUT2D eigenvalue weighted by Crippen LogP contribution is -2.26. The third kappa shape index (κ3) is 4.58. The number of hydrogen-bond acceptors (Lipinski definition) is 5. The highest BCUT2D eigenvalue weighted by Crippen LogP contribution is 2.40. The van der Waals surface area contributed by atoms with E-state index in [1.165, 1.54) is 0 Å². The van der Waals surface area contributed by atoms with E-state index in [-0.39, 0.29) is 17.1 Å². The number of benzene rings is 1. The summed E-state index contributed by atoms with van der Waals surface area (Å²) in [7, 11) is 0. The van der Waals surface area contributed by atoms with Crippen molar-refractivity contribution in [3.8, 4) is 5.75 Å². The molecule has 3 aromatic rings. The fourth-order valence-electron chi connectivity index (χ4n) is 3.55. The molecule has 0 atom stereocenters. The molecule has 1 saturated carbocycles. The largest absolute Gasteiger partial charge is 0.508 e. The van der Waals surface area contributed by atoms with Crippen LogP contribution in [0, 0.1) is 5.41 Å². The van der Waals surface area contributed by atoms with Crippen LogP contribution in [0.4, 0.5) is 0 Å². The van der Waals surface area contributed by atoms with Crippen LogP contribution in [0.5, 0.6) is 5.75 Å². The zero-order valence-corrected chi connectivity index (χ0v) is 17.2. The highest BCUT2D eigenvalue weighted by molar-refractivity contribution is 6.06. The van der Waals surface area contributed by atoms with E-state index in [9.17, 15) is 9.90 Å². The predicted octanol–water partition coefficient (Wildman–Crippen LogP) is 4.37. The molecule has 4 rings (SSSR count). The molecule has 0 unspecified atom stereocenters. The Kier molecular flexibility index (Phi) is 5.03. The van der Waals surface area contributed by atoms with Gasteiger partial charge in [0.2, 0.25) is 0 Å². The predicted molar refractivity (Wildman–Crippen MR) is 111 cm³/mol. The number of rotatable bonds is 6. The Morgan fingerprint density at radius 3 is 2.76 bits per heavy atom. The lowest BCUT2D eigenvalue weighted by molar-refractivity contribution is 0.0955. The number of carbonyl (C=O) groups excluding carboxylic acids is 1. The molecule has 1 fully saturated rings. The van der Waals surface area contributed by atoms with Crippen molar-refractivity contribution in [2.75, 3.05) is 6.54 Å². The number of hydrogen-bond donors (Lipinski definition) is 2. The normalized spacial score (nSPS) is 14.3. The summed E-state index contributed by atoms with van der Waals surface area (Å²) in [6.07, 6.45) is 3.54. The summed E-state index contributed by atoms with van der Waals surface area (Å²) in [6, 6.07) is 8.99. The second kappa shape index (κ2) is 7.50. The number of aromatic nitrogens is 2. The number of phenols is 1. The average molecular weight is 393 g/mol. The Labute approximate surface area is 170 Å². The van der Waals surface area contributed by atoms with Crippen LogP contribution in [-0.4, -0.2) is 27.7 Å². The van der Waals surface area contributed by atoms with Crippen LogP contribution in [0.15, 0.2) is 34.9 Å². The van der Waals surface area contributed by atoms with Crippen molar-refractivity contribution >= 4 is 17.0 Å². The van der Waals surface area contributed by atoms with Crippen LogP contribution in [0.3, 0.4) is 0 Å². The van der Waals surface area contributed by atoms with E-state index >= 15 is 0 Å². The van der Waals surface area contributed by atoms with Gasteiger partial charge in [0.05, 0.1) is 16.6 Å². The lowest BCUT2D eigenvalue weighted by atomic mass is 9.89. The first kappa shape index (κ1) is 19.4. The van der Waals surface area contributed by atoms with Gasteiger partial charge in [0.15, 0.2) is 0 Å². The highest BCUT2D eigenvalue weighted by Gasteiger charge is 2.29. The van der Waals surface area contributed by atoms with Crippen LogP contribution >= 0.6 is 0 Å². The van der Waals surface area contributed by atoms with E-state index in [1.54, 1.807) is 18.2 Å². The van der Waals surface area contributed by atoms with Crippen molar-refractivity contribution in [2.24, 2.45) is 5.41 Å². The number of aromatic hydroxyl groups is 1. The molecule has 1 aliphatic rings. The van der Waals surface area contributed by atoms with E-state index < -0.39 is 0 Å². The standard InChI is InChI=1S/C23H27N3O3/c1-23(2,3)13-19-20-17(12-18(15-7-8-15)25-22(20)29-26-19)21(28)24-10-9-14-5-4-6-16(27)11-14/h4-6,11-12,15,27H,7-10,13H2,1-3H3,(H,24,28). The number of pyridine rings is 1. The van der Waals surface area contributed by atoms with Crippen LogP contribution < -0.4 is 5.32 Å². The molecule has 1 aromatic carbocycles. The topological polar surface area (TPSA) is 88.2 Å². The molecular weight excluding hydrogens is 366 g/mol. The Hall–Kier alpha value is -2.89. The maximum Gasteiger partial charge on any atom is 0.259 e. The van der Waals surface area contributed by atoms with Gasteiger partial charge in [-0.3, -0.25) is 4.79 Å². The van der Waals surface area contributed by atoms with E-state index in [4.69, 9.17) is 4.52 Å². The van der Waals surface area contributed by atoms with Gasteiger partial charge in [-0.25, -0.2) is 4.98 Å². The molecule has 152 valence electrons. The minimum atomic E-state index is -0.141. The van der Waals surface area contributed by atoms with Gasteiger partial charge in [-0.05, 0) is 54.9 Å². The zero-order valence-electron chi connectivity index (χ0n) is 17.2. The average Bonchev–Trinajstić information content (AvgIpc) is 3.43. The quantitative estimate of drug-likeness (QED) is 0.649. The van der Waals surface area contributed by atoms with Gasteiger partial charge >= 0.3 is 0 Å². The minimum absolute atomic E-state index is 0.0159. The Morgan fingerprint density at radius 1 is 1.28 bits per heavy atom. The molecule has 1 amide bonds. The molecule has 1 aliphatic carbocycles. The molecule has 6 heteroatoms. The molecule has 0 radical (unpaired) electrons. The first-order valence-electron chi connectivity index (χ1n) is 10.2. The molecule has 0 spiro atoms. The van der Waals surface area contributed by atoms with Gasteiger partial charge in [-0.2, -0.15) is 0 Å². The molecule has 2 heterocycles. The second-order valence-corrected chi connectivity index (χ2v) is 9.09. The van der Waals surface area contributed by atoms with Gasteiger partial charge in [0.1, 0.15) is 5.75 Å². The Morgan fingerprint density at radius 2 is 2.07 bits per heavy atom. The van der Waals surface area contributed by atoms with Crippen molar-refractivity contribution in [2.45, 2.75) is 52.4 Å². The summed E-state index contributed by atoms with van der Waals surface area (Å²) >= 11 is 0. The van der Waals surface area contributed by atoms with Crippen molar-refractivity contribution in [3.63, 3.8) is 0 Å². The number of nitrogens with one attached hydrogen (secondary N) is 1. The van der Waals surface area contributed by atoms with Crippen molar-refractivity contribution in [1.29, 1.82) is 0 Å².